The summed E-state index contributed by atoms with van der Waals surface area (Å²) in [6.07, 6.45) is 0. The first-order valence-electron chi connectivity index (χ1n) is 8.95. The van der Waals surface area contributed by atoms with Gasteiger partial charge in [-0.15, -0.1) is 0 Å². The Labute approximate surface area is 158 Å². The van der Waals surface area contributed by atoms with Crippen molar-refractivity contribution in [3.63, 3.8) is 0 Å². The summed E-state index contributed by atoms with van der Waals surface area (Å²) in [6, 6.07) is 24.3. The smallest absolute Gasteiger partial charge is 0.163 e. The monoisotopic (exact) mass is 355 g/mol. The van der Waals surface area contributed by atoms with Gasteiger partial charge in [0.05, 0.1) is 5.69 Å². The number of hydrogen-bond donors (Lipinski definition) is 1. The lowest BCUT2D eigenvalue weighted by atomic mass is 10.2. The van der Waals surface area contributed by atoms with E-state index in [-0.39, 0.29) is 0 Å². The molecule has 0 aliphatic heterocycles. The zero-order valence-electron chi connectivity index (χ0n) is 15.4. The first-order chi connectivity index (χ1) is 13.2. The number of aryl methyl sites for hydroxylation is 2. The highest BCUT2D eigenvalue weighted by Gasteiger charge is 2.11. The maximum Gasteiger partial charge on any atom is 0.163 e. The molecule has 4 rings (SSSR count). The Hall–Kier alpha value is -3.47. The molecule has 5 heteroatoms. The van der Waals surface area contributed by atoms with Crippen molar-refractivity contribution in [2.45, 2.75) is 20.4 Å². The van der Waals surface area contributed by atoms with Gasteiger partial charge in [-0.1, -0.05) is 60.7 Å². The van der Waals surface area contributed by atoms with Crippen molar-refractivity contribution in [1.82, 2.24) is 19.7 Å². The molecule has 0 amide bonds. The van der Waals surface area contributed by atoms with Crippen molar-refractivity contribution in [1.29, 1.82) is 0 Å². The second-order valence-electron chi connectivity index (χ2n) is 6.48. The summed E-state index contributed by atoms with van der Waals surface area (Å²) < 4.78 is 1.86. The summed E-state index contributed by atoms with van der Waals surface area (Å²) in [6.45, 7) is 4.71. The maximum absolute atomic E-state index is 4.75. The van der Waals surface area contributed by atoms with Gasteiger partial charge in [-0.05, 0) is 25.5 Å². The highest BCUT2D eigenvalue weighted by atomic mass is 15.3. The van der Waals surface area contributed by atoms with Gasteiger partial charge in [-0.25, -0.2) is 14.6 Å². The number of nitrogens with zero attached hydrogens (tertiary/aromatic N) is 4. The molecular weight excluding hydrogens is 334 g/mol. The molecule has 2 aromatic carbocycles. The van der Waals surface area contributed by atoms with Gasteiger partial charge in [0.15, 0.2) is 11.6 Å². The van der Waals surface area contributed by atoms with Gasteiger partial charge in [0, 0.05) is 23.9 Å². The number of benzene rings is 2. The lowest BCUT2D eigenvalue weighted by Gasteiger charge is -2.11. The SMILES string of the molecule is Cc1cc(C)n(-c2cc(NCc3ccccc3)nc(-c3ccccc3)n2)n1. The molecule has 0 radical (unpaired) electrons. The van der Waals surface area contributed by atoms with Crippen LogP contribution in [-0.4, -0.2) is 19.7 Å². The molecule has 0 saturated heterocycles. The van der Waals surface area contributed by atoms with E-state index in [0.717, 1.165) is 28.6 Å². The van der Waals surface area contributed by atoms with Crippen LogP contribution in [0.5, 0.6) is 0 Å². The summed E-state index contributed by atoms with van der Waals surface area (Å²) in [7, 11) is 0. The average molecular weight is 355 g/mol. The van der Waals surface area contributed by atoms with Crippen molar-refractivity contribution in [2.24, 2.45) is 0 Å². The van der Waals surface area contributed by atoms with Crippen LogP contribution in [-0.2, 0) is 6.54 Å². The topological polar surface area (TPSA) is 55.6 Å². The molecule has 0 aliphatic carbocycles. The minimum absolute atomic E-state index is 0.677. The van der Waals surface area contributed by atoms with Gasteiger partial charge in [0.25, 0.3) is 0 Å². The molecular formula is C22H21N5. The largest absolute Gasteiger partial charge is 0.366 e. The second kappa shape index (κ2) is 7.41. The van der Waals surface area contributed by atoms with Gasteiger partial charge in [0.2, 0.25) is 0 Å². The zero-order valence-corrected chi connectivity index (χ0v) is 15.4. The molecule has 0 saturated carbocycles. The molecule has 0 unspecified atom stereocenters. The van der Waals surface area contributed by atoms with Crippen LogP contribution in [0.3, 0.4) is 0 Å². The fourth-order valence-electron chi connectivity index (χ4n) is 3.00. The highest BCUT2D eigenvalue weighted by molar-refractivity contribution is 5.59. The van der Waals surface area contributed by atoms with Crippen LogP contribution in [0.1, 0.15) is 17.0 Å². The summed E-state index contributed by atoms with van der Waals surface area (Å²) in [5.74, 6) is 2.21. The van der Waals surface area contributed by atoms with Crippen LogP contribution in [0.2, 0.25) is 0 Å². The van der Waals surface area contributed by atoms with Crippen LogP contribution >= 0.6 is 0 Å². The van der Waals surface area contributed by atoms with Crippen LogP contribution in [0.4, 0.5) is 5.82 Å². The predicted octanol–water partition coefficient (Wildman–Crippen LogP) is 4.56. The number of nitrogens with one attached hydrogen (secondary N) is 1. The Bertz CT molecular complexity index is 1040. The molecule has 0 bridgehead atoms. The lowest BCUT2D eigenvalue weighted by Crippen LogP contribution is -2.08. The third-order valence-corrected chi connectivity index (χ3v) is 4.29. The molecule has 27 heavy (non-hydrogen) atoms. The Kier molecular flexibility index (Phi) is 4.66. The van der Waals surface area contributed by atoms with E-state index in [1.54, 1.807) is 0 Å². The molecule has 0 spiro atoms. The van der Waals surface area contributed by atoms with Gasteiger partial charge in [-0.2, -0.15) is 5.10 Å². The van der Waals surface area contributed by atoms with Gasteiger partial charge in [-0.3, -0.25) is 0 Å². The molecule has 2 aromatic heterocycles. The fourth-order valence-corrected chi connectivity index (χ4v) is 3.00. The summed E-state index contributed by atoms with van der Waals surface area (Å²) in [5.41, 5.74) is 4.18. The maximum atomic E-state index is 4.75. The molecule has 0 aliphatic rings. The van der Waals surface area contributed by atoms with Crippen molar-refractivity contribution < 1.29 is 0 Å². The third kappa shape index (κ3) is 3.87. The highest BCUT2D eigenvalue weighted by Crippen LogP contribution is 2.21. The zero-order chi connectivity index (χ0) is 18.6. The number of rotatable bonds is 5. The van der Waals surface area contributed by atoms with Crippen molar-refractivity contribution in [3.8, 4) is 17.2 Å². The van der Waals surface area contributed by atoms with E-state index in [1.807, 2.05) is 79.2 Å². The predicted molar refractivity (Wildman–Crippen MR) is 108 cm³/mol. The summed E-state index contributed by atoms with van der Waals surface area (Å²) >= 11 is 0. The second-order valence-corrected chi connectivity index (χ2v) is 6.48. The minimum atomic E-state index is 0.677. The molecule has 0 fully saturated rings. The average Bonchev–Trinajstić information content (AvgIpc) is 3.06. The summed E-state index contributed by atoms with van der Waals surface area (Å²) in [5, 5.41) is 7.99. The molecule has 1 N–H and O–H groups in total. The van der Waals surface area contributed by atoms with E-state index in [0.29, 0.717) is 12.4 Å². The van der Waals surface area contributed by atoms with Crippen molar-refractivity contribution in [2.75, 3.05) is 5.32 Å². The van der Waals surface area contributed by atoms with Crippen LogP contribution in [0.25, 0.3) is 17.2 Å². The van der Waals surface area contributed by atoms with E-state index < -0.39 is 0 Å². The van der Waals surface area contributed by atoms with E-state index in [1.165, 1.54) is 5.56 Å². The third-order valence-electron chi connectivity index (χ3n) is 4.29. The first kappa shape index (κ1) is 17.0. The fraction of sp³-hybridized carbons (Fsp3) is 0.136. The molecule has 5 nitrogen and oxygen atoms in total. The van der Waals surface area contributed by atoms with E-state index in [9.17, 15) is 0 Å². The van der Waals surface area contributed by atoms with E-state index >= 15 is 0 Å². The number of anilines is 1. The Morgan fingerprint density at radius 1 is 0.852 bits per heavy atom. The van der Waals surface area contributed by atoms with Crippen molar-refractivity contribution >= 4 is 5.82 Å². The van der Waals surface area contributed by atoms with Crippen LogP contribution in [0.15, 0.2) is 72.8 Å². The van der Waals surface area contributed by atoms with Crippen LogP contribution in [0, 0.1) is 13.8 Å². The molecule has 0 atom stereocenters. The molecule has 134 valence electrons. The Morgan fingerprint density at radius 2 is 1.56 bits per heavy atom. The van der Waals surface area contributed by atoms with Crippen molar-refractivity contribution in [3.05, 3.63) is 89.7 Å². The lowest BCUT2D eigenvalue weighted by molar-refractivity contribution is 0.802. The van der Waals surface area contributed by atoms with E-state index in [2.05, 4.69) is 22.5 Å². The number of aromatic nitrogens is 4. The minimum Gasteiger partial charge on any atom is -0.366 e. The first-order valence-corrected chi connectivity index (χ1v) is 8.95. The quantitative estimate of drug-likeness (QED) is 0.570. The standard InChI is InChI=1S/C22H21N5/c1-16-13-17(2)27(26-16)21-14-20(23-15-18-9-5-3-6-10-18)24-22(25-21)19-11-7-4-8-12-19/h3-14H,15H2,1-2H3,(H,23,24,25). The van der Waals surface area contributed by atoms with Crippen LogP contribution < -0.4 is 5.32 Å². The summed E-state index contributed by atoms with van der Waals surface area (Å²) in [4.78, 5) is 9.47. The van der Waals surface area contributed by atoms with Gasteiger partial charge in [0.1, 0.15) is 5.82 Å². The normalized spacial score (nSPS) is 10.7. The Morgan fingerprint density at radius 3 is 2.22 bits per heavy atom. The Balaban J connectivity index is 1.73. The van der Waals surface area contributed by atoms with Gasteiger partial charge < -0.3 is 5.32 Å². The molecule has 2 heterocycles. The van der Waals surface area contributed by atoms with E-state index in [4.69, 9.17) is 9.97 Å². The number of hydrogen-bond acceptors (Lipinski definition) is 4. The molecule has 4 aromatic rings. The van der Waals surface area contributed by atoms with Gasteiger partial charge >= 0.3 is 0 Å².